The number of imide groups is 1. The van der Waals surface area contributed by atoms with Gasteiger partial charge in [-0.2, -0.15) is 0 Å². The maximum atomic E-state index is 12.4. The van der Waals surface area contributed by atoms with Gasteiger partial charge in [-0.15, -0.1) is 0 Å². The van der Waals surface area contributed by atoms with Crippen LogP contribution in [0.15, 0.2) is 48.5 Å². The van der Waals surface area contributed by atoms with Crippen molar-refractivity contribution in [2.75, 3.05) is 18.5 Å². The number of ether oxygens (including phenoxy) is 2. The Morgan fingerprint density at radius 3 is 2.14 bits per heavy atom. The highest BCUT2D eigenvalue weighted by atomic mass is 16.5. The van der Waals surface area contributed by atoms with Crippen molar-refractivity contribution in [2.24, 2.45) is 0 Å². The first-order valence-corrected chi connectivity index (χ1v) is 9.08. The first-order valence-electron chi connectivity index (χ1n) is 9.08. The number of nitrogens with zero attached hydrogens (tertiary/aromatic N) is 1. The SMILES string of the molecule is CCOc1ccc(NC(=O)COC(=O)[C@@H](C)N2C(=O)c3ccccc3C2=O)cc1. The summed E-state index contributed by atoms with van der Waals surface area (Å²) >= 11 is 0. The van der Waals surface area contributed by atoms with Crippen LogP contribution in [0.1, 0.15) is 34.6 Å². The number of hydrogen-bond acceptors (Lipinski definition) is 6. The number of benzene rings is 2. The molecule has 3 rings (SSSR count). The minimum atomic E-state index is -1.15. The fourth-order valence-electron chi connectivity index (χ4n) is 2.92. The third kappa shape index (κ3) is 4.26. The van der Waals surface area contributed by atoms with E-state index in [1.165, 1.54) is 19.1 Å². The second-order valence-electron chi connectivity index (χ2n) is 6.32. The smallest absolute Gasteiger partial charge is 0.329 e. The molecule has 0 aliphatic carbocycles. The number of anilines is 1. The number of nitrogens with one attached hydrogen (secondary N) is 1. The summed E-state index contributed by atoms with van der Waals surface area (Å²) in [6.07, 6.45) is 0. The summed E-state index contributed by atoms with van der Waals surface area (Å²) in [5.41, 5.74) is 0.999. The molecule has 8 nitrogen and oxygen atoms in total. The largest absolute Gasteiger partial charge is 0.494 e. The van der Waals surface area contributed by atoms with Crippen LogP contribution < -0.4 is 10.1 Å². The molecule has 1 N–H and O–H groups in total. The van der Waals surface area contributed by atoms with Crippen molar-refractivity contribution >= 4 is 29.4 Å². The third-order valence-electron chi connectivity index (χ3n) is 4.35. The van der Waals surface area contributed by atoms with E-state index < -0.39 is 36.3 Å². The van der Waals surface area contributed by atoms with E-state index >= 15 is 0 Å². The molecule has 1 aliphatic heterocycles. The molecule has 8 heteroatoms. The normalized spacial score (nSPS) is 13.7. The van der Waals surface area contributed by atoms with E-state index in [4.69, 9.17) is 9.47 Å². The molecule has 0 unspecified atom stereocenters. The third-order valence-corrected chi connectivity index (χ3v) is 4.35. The molecule has 2 aromatic carbocycles. The van der Waals surface area contributed by atoms with Gasteiger partial charge in [-0.3, -0.25) is 19.3 Å². The zero-order valence-electron chi connectivity index (χ0n) is 16.0. The van der Waals surface area contributed by atoms with Crippen molar-refractivity contribution in [3.05, 3.63) is 59.7 Å². The molecule has 0 saturated carbocycles. The van der Waals surface area contributed by atoms with Crippen LogP contribution in [-0.4, -0.2) is 47.8 Å². The Hall–Kier alpha value is -3.68. The van der Waals surface area contributed by atoms with Crippen LogP contribution in [0.2, 0.25) is 0 Å². The lowest BCUT2D eigenvalue weighted by molar-refractivity contribution is -0.150. The number of esters is 1. The zero-order chi connectivity index (χ0) is 21.0. The average molecular weight is 396 g/mol. The second kappa shape index (κ2) is 8.55. The van der Waals surface area contributed by atoms with E-state index in [1.54, 1.807) is 36.4 Å². The van der Waals surface area contributed by atoms with Gasteiger partial charge in [-0.1, -0.05) is 12.1 Å². The Labute approximate surface area is 167 Å². The number of hydrogen-bond donors (Lipinski definition) is 1. The van der Waals surface area contributed by atoms with E-state index in [9.17, 15) is 19.2 Å². The molecule has 29 heavy (non-hydrogen) atoms. The fraction of sp³-hybridized carbons (Fsp3) is 0.238. The van der Waals surface area contributed by atoms with E-state index in [0.717, 1.165) is 4.90 Å². The van der Waals surface area contributed by atoms with Crippen LogP contribution in [0.3, 0.4) is 0 Å². The van der Waals surface area contributed by atoms with Crippen molar-refractivity contribution < 1.29 is 28.7 Å². The molecular formula is C21H20N2O6. The van der Waals surface area contributed by atoms with Crippen molar-refractivity contribution in [1.82, 2.24) is 4.90 Å². The molecule has 0 radical (unpaired) electrons. The quantitative estimate of drug-likeness (QED) is 0.569. The van der Waals surface area contributed by atoms with E-state index in [-0.39, 0.29) is 11.1 Å². The van der Waals surface area contributed by atoms with Crippen LogP contribution in [0.25, 0.3) is 0 Å². The lowest BCUT2D eigenvalue weighted by Crippen LogP contribution is -2.44. The van der Waals surface area contributed by atoms with Crippen molar-refractivity contribution in [3.63, 3.8) is 0 Å². The number of amides is 3. The van der Waals surface area contributed by atoms with Gasteiger partial charge in [0, 0.05) is 5.69 Å². The van der Waals surface area contributed by atoms with Crippen molar-refractivity contribution in [1.29, 1.82) is 0 Å². The Morgan fingerprint density at radius 1 is 1.00 bits per heavy atom. The van der Waals surface area contributed by atoms with E-state index in [1.807, 2.05) is 6.92 Å². The first kappa shape index (κ1) is 20.1. The van der Waals surface area contributed by atoms with Gasteiger partial charge in [-0.05, 0) is 50.2 Å². The van der Waals surface area contributed by atoms with Gasteiger partial charge in [-0.25, -0.2) is 4.79 Å². The van der Waals surface area contributed by atoms with E-state index in [2.05, 4.69) is 5.32 Å². The second-order valence-corrected chi connectivity index (χ2v) is 6.32. The summed E-state index contributed by atoms with van der Waals surface area (Å²) in [6.45, 7) is 3.24. The summed E-state index contributed by atoms with van der Waals surface area (Å²) in [5, 5.41) is 2.59. The molecule has 3 amide bonds. The standard InChI is InChI=1S/C21H20N2O6/c1-3-28-15-10-8-14(9-11-15)22-18(24)12-29-21(27)13(2)23-19(25)16-6-4-5-7-17(16)20(23)26/h4-11,13H,3,12H2,1-2H3,(H,22,24)/t13-/m1/s1. The summed E-state index contributed by atoms with van der Waals surface area (Å²) in [4.78, 5) is 50.0. The zero-order valence-corrected chi connectivity index (χ0v) is 16.0. The van der Waals surface area contributed by atoms with E-state index in [0.29, 0.717) is 18.0 Å². The molecule has 1 heterocycles. The predicted molar refractivity (Wildman–Crippen MR) is 104 cm³/mol. The highest BCUT2D eigenvalue weighted by Crippen LogP contribution is 2.24. The minimum Gasteiger partial charge on any atom is -0.494 e. The van der Waals surface area contributed by atoms with Crippen LogP contribution in [0, 0.1) is 0 Å². The van der Waals surface area contributed by atoms with Crippen LogP contribution in [-0.2, 0) is 14.3 Å². The molecule has 0 spiro atoms. The van der Waals surface area contributed by atoms with Gasteiger partial charge < -0.3 is 14.8 Å². The molecule has 1 aliphatic rings. The van der Waals surface area contributed by atoms with Crippen LogP contribution >= 0.6 is 0 Å². The Balaban J connectivity index is 1.54. The number of carbonyl (C=O) groups excluding carboxylic acids is 4. The molecule has 150 valence electrons. The van der Waals surface area contributed by atoms with Crippen molar-refractivity contribution in [3.8, 4) is 5.75 Å². The lowest BCUT2D eigenvalue weighted by atomic mass is 10.1. The van der Waals surface area contributed by atoms with Gasteiger partial charge in [0.1, 0.15) is 11.8 Å². The maximum absolute atomic E-state index is 12.4. The number of rotatable bonds is 7. The predicted octanol–water partition coefficient (Wildman–Crippen LogP) is 2.25. The Kier molecular flexibility index (Phi) is 5.92. The summed E-state index contributed by atoms with van der Waals surface area (Å²) < 4.78 is 10.3. The topological polar surface area (TPSA) is 102 Å². The molecule has 1 atom stereocenters. The first-order chi connectivity index (χ1) is 13.9. The van der Waals surface area contributed by atoms with Gasteiger partial charge in [0.25, 0.3) is 17.7 Å². The molecule has 0 bridgehead atoms. The summed E-state index contributed by atoms with van der Waals surface area (Å²) in [6, 6.07) is 11.9. The summed E-state index contributed by atoms with van der Waals surface area (Å²) in [7, 11) is 0. The van der Waals surface area contributed by atoms with Crippen LogP contribution in [0.5, 0.6) is 5.75 Å². The van der Waals surface area contributed by atoms with Gasteiger partial charge in [0.2, 0.25) is 0 Å². The molecule has 2 aromatic rings. The van der Waals surface area contributed by atoms with Crippen LogP contribution in [0.4, 0.5) is 5.69 Å². The Bertz CT molecular complexity index is 919. The minimum absolute atomic E-state index is 0.241. The van der Waals surface area contributed by atoms with Gasteiger partial charge in [0.15, 0.2) is 6.61 Å². The number of carbonyl (C=O) groups is 4. The van der Waals surface area contributed by atoms with Gasteiger partial charge >= 0.3 is 5.97 Å². The average Bonchev–Trinajstić information content (AvgIpc) is 2.98. The lowest BCUT2D eigenvalue weighted by Gasteiger charge is -2.20. The van der Waals surface area contributed by atoms with Gasteiger partial charge in [0.05, 0.1) is 17.7 Å². The van der Waals surface area contributed by atoms with Crippen molar-refractivity contribution in [2.45, 2.75) is 19.9 Å². The molecule has 0 aromatic heterocycles. The fourth-order valence-corrected chi connectivity index (χ4v) is 2.92. The Morgan fingerprint density at radius 2 is 1.59 bits per heavy atom. The highest BCUT2D eigenvalue weighted by molar-refractivity contribution is 6.22. The summed E-state index contributed by atoms with van der Waals surface area (Å²) in [5.74, 6) is -1.84. The molecular weight excluding hydrogens is 376 g/mol. The number of fused-ring (bicyclic) bond motifs is 1. The maximum Gasteiger partial charge on any atom is 0.329 e. The highest BCUT2D eigenvalue weighted by Gasteiger charge is 2.41. The molecule has 0 saturated heterocycles. The molecule has 0 fully saturated rings. The monoisotopic (exact) mass is 396 g/mol.